The normalized spacial score (nSPS) is 11.2. The number of nitrogens with zero attached hydrogens (tertiary/aromatic N) is 1. The van der Waals surface area contributed by atoms with Crippen LogP contribution in [0.25, 0.3) is 0 Å². The molecular formula is C14H15Cl2N3O2S. The monoisotopic (exact) mass is 359 g/mol. The van der Waals surface area contributed by atoms with Crippen LogP contribution in [-0.2, 0) is 16.4 Å². The maximum Gasteiger partial charge on any atom is 0.230 e. The fourth-order valence-corrected chi connectivity index (χ4v) is 2.82. The van der Waals surface area contributed by atoms with Crippen molar-refractivity contribution in [3.05, 3.63) is 52.1 Å². The van der Waals surface area contributed by atoms with Crippen LogP contribution in [0.2, 0.25) is 10.0 Å². The van der Waals surface area contributed by atoms with Gasteiger partial charge >= 0.3 is 0 Å². The molecule has 1 aromatic heterocycles. The fourth-order valence-electron chi connectivity index (χ4n) is 1.81. The molecule has 0 saturated heterocycles. The van der Waals surface area contributed by atoms with Gasteiger partial charge in [0.2, 0.25) is 10.0 Å². The smallest absolute Gasteiger partial charge is 0.230 e. The average molecular weight is 360 g/mol. The highest BCUT2D eigenvalue weighted by atomic mass is 35.5. The summed E-state index contributed by atoms with van der Waals surface area (Å²) in [6.45, 7) is 0.669. The molecule has 8 heteroatoms. The Bertz CT molecular complexity index is 749. The highest BCUT2D eigenvalue weighted by Gasteiger charge is 2.04. The highest BCUT2D eigenvalue weighted by molar-refractivity contribution is 7.92. The number of benzene rings is 1. The molecule has 0 aliphatic carbocycles. The topological polar surface area (TPSA) is 71.1 Å². The molecule has 2 rings (SSSR count). The molecular weight excluding hydrogens is 345 g/mol. The van der Waals surface area contributed by atoms with E-state index in [1.54, 1.807) is 30.5 Å². The molecule has 0 bridgehead atoms. The van der Waals surface area contributed by atoms with Crippen LogP contribution in [0.3, 0.4) is 0 Å². The quantitative estimate of drug-likeness (QED) is 0.828. The SMILES string of the molecule is CS(=O)(=O)Nc1ccc(NCCc2ccc(Cl)cc2Cl)cn1. The molecule has 1 heterocycles. The molecule has 0 saturated carbocycles. The summed E-state index contributed by atoms with van der Waals surface area (Å²) >= 11 is 12.0. The van der Waals surface area contributed by atoms with Gasteiger partial charge in [0.15, 0.2) is 0 Å². The van der Waals surface area contributed by atoms with E-state index in [-0.39, 0.29) is 5.82 Å². The van der Waals surface area contributed by atoms with Gasteiger partial charge in [-0.1, -0.05) is 29.3 Å². The van der Waals surface area contributed by atoms with Crippen molar-refractivity contribution >= 4 is 44.7 Å². The van der Waals surface area contributed by atoms with Crippen LogP contribution in [0.15, 0.2) is 36.5 Å². The average Bonchev–Trinajstić information content (AvgIpc) is 2.41. The number of anilines is 2. The fraction of sp³-hybridized carbons (Fsp3) is 0.214. The van der Waals surface area contributed by atoms with Crippen molar-refractivity contribution in [2.75, 3.05) is 22.8 Å². The summed E-state index contributed by atoms with van der Waals surface area (Å²) < 4.78 is 24.5. The summed E-state index contributed by atoms with van der Waals surface area (Å²) in [5.41, 5.74) is 1.80. The molecule has 0 atom stereocenters. The van der Waals surface area contributed by atoms with Crippen LogP contribution in [0, 0.1) is 0 Å². The van der Waals surface area contributed by atoms with Gasteiger partial charge in [0.1, 0.15) is 5.82 Å². The van der Waals surface area contributed by atoms with E-state index in [4.69, 9.17) is 23.2 Å². The number of sulfonamides is 1. The number of nitrogens with one attached hydrogen (secondary N) is 2. The molecule has 22 heavy (non-hydrogen) atoms. The minimum absolute atomic E-state index is 0.286. The molecule has 118 valence electrons. The Hall–Kier alpha value is -1.50. The molecule has 0 amide bonds. The number of hydrogen-bond donors (Lipinski definition) is 2. The highest BCUT2D eigenvalue weighted by Crippen LogP contribution is 2.21. The number of rotatable bonds is 6. The van der Waals surface area contributed by atoms with Crippen LogP contribution in [0.5, 0.6) is 0 Å². The van der Waals surface area contributed by atoms with Crippen LogP contribution < -0.4 is 10.0 Å². The van der Waals surface area contributed by atoms with Gasteiger partial charge in [-0.15, -0.1) is 0 Å². The number of hydrogen-bond acceptors (Lipinski definition) is 4. The number of pyridine rings is 1. The standard InChI is InChI=1S/C14H15Cl2N3O2S/c1-22(20,21)19-14-5-4-12(9-18-14)17-7-6-10-2-3-11(15)8-13(10)16/h2-5,8-9,17H,6-7H2,1H3,(H,18,19). The van der Waals surface area contributed by atoms with Crippen molar-refractivity contribution in [3.8, 4) is 0 Å². The van der Waals surface area contributed by atoms with E-state index < -0.39 is 10.0 Å². The first-order valence-corrected chi connectivity index (χ1v) is 9.10. The lowest BCUT2D eigenvalue weighted by Gasteiger charge is -2.09. The number of aromatic nitrogens is 1. The van der Waals surface area contributed by atoms with Crippen molar-refractivity contribution in [1.29, 1.82) is 0 Å². The summed E-state index contributed by atoms with van der Waals surface area (Å²) in [6.07, 6.45) is 3.38. The van der Waals surface area contributed by atoms with E-state index in [2.05, 4.69) is 15.0 Å². The first-order valence-electron chi connectivity index (χ1n) is 6.45. The molecule has 0 aliphatic rings. The lowest BCUT2D eigenvalue weighted by molar-refractivity contribution is 0.606. The summed E-state index contributed by atoms with van der Waals surface area (Å²) in [6, 6.07) is 8.76. The molecule has 5 nitrogen and oxygen atoms in total. The van der Waals surface area contributed by atoms with Gasteiger partial charge in [-0.2, -0.15) is 0 Å². The maximum absolute atomic E-state index is 11.1. The van der Waals surface area contributed by atoms with E-state index >= 15 is 0 Å². The van der Waals surface area contributed by atoms with Gasteiger partial charge in [-0.05, 0) is 36.2 Å². The minimum atomic E-state index is -3.31. The second kappa shape index (κ2) is 7.17. The predicted molar refractivity (Wildman–Crippen MR) is 91.4 cm³/mol. The third-order valence-corrected chi connectivity index (χ3v) is 3.96. The number of halogens is 2. The lowest BCUT2D eigenvalue weighted by Crippen LogP contribution is -2.11. The molecule has 0 aliphatic heterocycles. The zero-order valence-electron chi connectivity index (χ0n) is 11.8. The van der Waals surface area contributed by atoms with Crippen LogP contribution in [0.1, 0.15) is 5.56 Å². The Balaban J connectivity index is 1.89. The van der Waals surface area contributed by atoms with E-state index in [1.165, 1.54) is 0 Å². The Morgan fingerprint density at radius 3 is 2.55 bits per heavy atom. The van der Waals surface area contributed by atoms with Crippen LogP contribution in [0.4, 0.5) is 11.5 Å². The molecule has 0 radical (unpaired) electrons. The molecule has 0 unspecified atom stereocenters. The molecule has 1 aromatic carbocycles. The van der Waals surface area contributed by atoms with Gasteiger partial charge in [-0.25, -0.2) is 13.4 Å². The zero-order chi connectivity index (χ0) is 16.2. The van der Waals surface area contributed by atoms with Crippen molar-refractivity contribution < 1.29 is 8.42 Å². The summed E-state index contributed by atoms with van der Waals surface area (Å²) in [5, 5.41) is 4.44. The Labute approximate surface area is 139 Å². The van der Waals surface area contributed by atoms with E-state index in [1.807, 2.05) is 6.07 Å². The summed E-state index contributed by atoms with van der Waals surface area (Å²) in [4.78, 5) is 4.02. The van der Waals surface area contributed by atoms with Crippen molar-refractivity contribution in [2.24, 2.45) is 0 Å². The Morgan fingerprint density at radius 2 is 1.95 bits per heavy atom. The van der Waals surface area contributed by atoms with E-state index in [9.17, 15) is 8.42 Å². The van der Waals surface area contributed by atoms with Crippen molar-refractivity contribution in [3.63, 3.8) is 0 Å². The minimum Gasteiger partial charge on any atom is -0.383 e. The first kappa shape index (κ1) is 16.9. The van der Waals surface area contributed by atoms with Crippen LogP contribution >= 0.6 is 23.2 Å². The van der Waals surface area contributed by atoms with E-state index in [0.29, 0.717) is 16.6 Å². The summed E-state index contributed by atoms with van der Waals surface area (Å²) in [5.74, 6) is 0.286. The maximum atomic E-state index is 11.1. The third-order valence-electron chi connectivity index (χ3n) is 2.79. The van der Waals surface area contributed by atoms with Gasteiger partial charge in [0, 0.05) is 16.6 Å². The van der Waals surface area contributed by atoms with Crippen molar-refractivity contribution in [2.45, 2.75) is 6.42 Å². The Morgan fingerprint density at radius 1 is 1.18 bits per heavy atom. The third kappa shape index (κ3) is 5.36. The van der Waals surface area contributed by atoms with Crippen LogP contribution in [-0.4, -0.2) is 26.2 Å². The molecule has 0 fully saturated rings. The molecule has 0 spiro atoms. The van der Waals surface area contributed by atoms with Gasteiger partial charge in [-0.3, -0.25) is 4.72 Å². The first-order chi connectivity index (χ1) is 10.3. The zero-order valence-corrected chi connectivity index (χ0v) is 14.1. The van der Waals surface area contributed by atoms with Gasteiger partial charge < -0.3 is 5.32 Å². The van der Waals surface area contributed by atoms with Gasteiger partial charge in [0.05, 0.1) is 18.1 Å². The molecule has 2 aromatic rings. The van der Waals surface area contributed by atoms with E-state index in [0.717, 1.165) is 23.9 Å². The van der Waals surface area contributed by atoms with Crippen molar-refractivity contribution in [1.82, 2.24) is 4.98 Å². The van der Waals surface area contributed by atoms with Gasteiger partial charge in [0.25, 0.3) is 0 Å². The predicted octanol–water partition coefficient (Wildman–Crippen LogP) is 3.41. The Kier molecular flexibility index (Phi) is 5.50. The second-order valence-corrected chi connectivity index (χ2v) is 7.31. The largest absolute Gasteiger partial charge is 0.383 e. The second-order valence-electron chi connectivity index (χ2n) is 4.72. The summed E-state index contributed by atoms with van der Waals surface area (Å²) in [7, 11) is -3.31. The molecule has 2 N–H and O–H groups in total. The lowest BCUT2D eigenvalue weighted by atomic mass is 10.1.